The summed E-state index contributed by atoms with van der Waals surface area (Å²) in [6.07, 6.45) is 2.88. The fourth-order valence-electron chi connectivity index (χ4n) is 1.40. The summed E-state index contributed by atoms with van der Waals surface area (Å²) in [5.74, 6) is -0.0167. The summed E-state index contributed by atoms with van der Waals surface area (Å²) in [6.45, 7) is 1.80. The molecule has 0 spiro atoms. The molecular formula is C11H12N4O4. The van der Waals surface area contributed by atoms with Crippen LogP contribution in [0, 0.1) is 0 Å². The van der Waals surface area contributed by atoms with Crippen molar-refractivity contribution in [2.75, 3.05) is 13.2 Å². The van der Waals surface area contributed by atoms with Crippen molar-refractivity contribution >= 4 is 17.1 Å². The minimum Gasteiger partial charge on any atom is -0.463 e. The predicted molar refractivity (Wildman–Crippen MR) is 64.2 cm³/mol. The van der Waals surface area contributed by atoms with E-state index in [0.717, 1.165) is 0 Å². The maximum atomic E-state index is 11.7. The normalized spacial score (nSPS) is 10.6. The average molecular weight is 264 g/mol. The molecule has 2 aromatic rings. The third-order valence-corrected chi connectivity index (χ3v) is 2.16. The lowest BCUT2D eigenvalue weighted by atomic mass is 10.5. The number of ether oxygens (including phenoxy) is 2. The molecule has 0 amide bonds. The summed E-state index contributed by atoms with van der Waals surface area (Å²) >= 11 is 0. The van der Waals surface area contributed by atoms with E-state index in [0.29, 0.717) is 5.82 Å². The number of aromatic amines is 1. The SMILES string of the molecule is CC(=O)OCCOCc1nc2nccnc2c(=O)[nH]1. The van der Waals surface area contributed by atoms with Crippen LogP contribution in [-0.4, -0.2) is 39.1 Å². The largest absolute Gasteiger partial charge is 0.463 e. The Balaban J connectivity index is 1.98. The smallest absolute Gasteiger partial charge is 0.302 e. The molecule has 0 aliphatic rings. The molecule has 0 atom stereocenters. The lowest BCUT2D eigenvalue weighted by Gasteiger charge is -2.04. The van der Waals surface area contributed by atoms with Crippen molar-refractivity contribution in [3.8, 4) is 0 Å². The van der Waals surface area contributed by atoms with Crippen LogP contribution >= 0.6 is 0 Å². The highest BCUT2D eigenvalue weighted by Gasteiger charge is 2.05. The van der Waals surface area contributed by atoms with E-state index in [-0.39, 0.29) is 42.5 Å². The van der Waals surface area contributed by atoms with Crippen molar-refractivity contribution < 1.29 is 14.3 Å². The van der Waals surface area contributed by atoms with Gasteiger partial charge in [0.05, 0.1) is 6.61 Å². The van der Waals surface area contributed by atoms with Crippen LogP contribution in [0.1, 0.15) is 12.7 Å². The second-order valence-corrected chi connectivity index (χ2v) is 3.63. The molecule has 100 valence electrons. The molecule has 2 rings (SSSR count). The maximum Gasteiger partial charge on any atom is 0.302 e. The van der Waals surface area contributed by atoms with Crippen LogP contribution in [-0.2, 0) is 20.9 Å². The van der Waals surface area contributed by atoms with Gasteiger partial charge in [0.25, 0.3) is 5.56 Å². The van der Waals surface area contributed by atoms with E-state index in [1.165, 1.54) is 19.3 Å². The van der Waals surface area contributed by atoms with E-state index >= 15 is 0 Å². The van der Waals surface area contributed by atoms with Gasteiger partial charge < -0.3 is 14.5 Å². The minimum atomic E-state index is -0.365. The molecule has 0 saturated heterocycles. The Morgan fingerprint density at radius 1 is 1.32 bits per heavy atom. The molecular weight excluding hydrogens is 252 g/mol. The molecule has 0 aliphatic carbocycles. The number of carbonyl (C=O) groups excluding carboxylic acids is 1. The lowest BCUT2D eigenvalue weighted by molar-refractivity contribution is -0.142. The highest BCUT2D eigenvalue weighted by Crippen LogP contribution is 1.99. The zero-order valence-electron chi connectivity index (χ0n) is 10.3. The van der Waals surface area contributed by atoms with Gasteiger partial charge in [0.15, 0.2) is 11.2 Å². The third kappa shape index (κ3) is 3.55. The maximum absolute atomic E-state index is 11.7. The number of esters is 1. The molecule has 0 aliphatic heterocycles. The van der Waals surface area contributed by atoms with Crippen molar-refractivity contribution in [1.29, 1.82) is 0 Å². The van der Waals surface area contributed by atoms with Gasteiger partial charge in [-0.2, -0.15) is 0 Å². The third-order valence-electron chi connectivity index (χ3n) is 2.16. The number of carbonyl (C=O) groups is 1. The molecule has 0 bridgehead atoms. The van der Waals surface area contributed by atoms with Gasteiger partial charge in [0, 0.05) is 19.3 Å². The Hall–Kier alpha value is -2.35. The first-order valence-corrected chi connectivity index (χ1v) is 5.58. The standard InChI is InChI=1S/C11H12N4O4/c1-7(16)19-5-4-18-6-8-14-10-9(11(17)15-8)12-2-3-13-10/h2-3H,4-6H2,1H3,(H,13,14,15,17). The summed E-state index contributed by atoms with van der Waals surface area (Å²) in [4.78, 5) is 36.7. The van der Waals surface area contributed by atoms with E-state index in [9.17, 15) is 9.59 Å². The Morgan fingerprint density at radius 3 is 2.89 bits per heavy atom. The van der Waals surface area contributed by atoms with Crippen LogP contribution in [0.5, 0.6) is 0 Å². The summed E-state index contributed by atoms with van der Waals surface area (Å²) in [5, 5.41) is 0. The molecule has 0 saturated carbocycles. The second-order valence-electron chi connectivity index (χ2n) is 3.63. The van der Waals surface area contributed by atoms with E-state index < -0.39 is 0 Å². The van der Waals surface area contributed by atoms with Crippen molar-refractivity contribution in [1.82, 2.24) is 19.9 Å². The topological polar surface area (TPSA) is 107 Å². The Bertz CT molecular complexity index is 640. The zero-order valence-corrected chi connectivity index (χ0v) is 10.3. The van der Waals surface area contributed by atoms with Crippen LogP contribution in [0.15, 0.2) is 17.2 Å². The molecule has 2 aromatic heterocycles. The minimum absolute atomic E-state index is 0.100. The quantitative estimate of drug-likeness (QED) is 0.588. The van der Waals surface area contributed by atoms with E-state index in [2.05, 4.69) is 19.9 Å². The molecule has 8 heteroatoms. The Labute approximate surface area is 107 Å². The first kappa shape index (κ1) is 13.1. The van der Waals surface area contributed by atoms with Crippen LogP contribution in [0.4, 0.5) is 0 Å². The summed E-state index contributed by atoms with van der Waals surface area (Å²) in [7, 11) is 0. The fraction of sp³-hybridized carbons (Fsp3) is 0.364. The molecule has 0 fully saturated rings. The van der Waals surface area contributed by atoms with Crippen LogP contribution in [0.25, 0.3) is 11.2 Å². The van der Waals surface area contributed by atoms with E-state index in [1.54, 1.807) is 0 Å². The number of rotatable bonds is 5. The molecule has 2 heterocycles. The number of aromatic nitrogens is 4. The van der Waals surface area contributed by atoms with Crippen molar-refractivity contribution in [3.63, 3.8) is 0 Å². The molecule has 0 aromatic carbocycles. The highest BCUT2D eigenvalue weighted by molar-refractivity contribution is 5.67. The molecule has 0 radical (unpaired) electrons. The Kier molecular flexibility index (Phi) is 4.14. The Morgan fingerprint density at radius 2 is 2.11 bits per heavy atom. The van der Waals surface area contributed by atoms with Gasteiger partial charge >= 0.3 is 5.97 Å². The first-order valence-electron chi connectivity index (χ1n) is 5.58. The predicted octanol–water partition coefficient (Wildman–Crippen LogP) is -0.207. The van der Waals surface area contributed by atoms with Gasteiger partial charge in [0.1, 0.15) is 19.0 Å². The first-order chi connectivity index (χ1) is 9.16. The fourth-order valence-corrected chi connectivity index (χ4v) is 1.40. The summed E-state index contributed by atoms with van der Waals surface area (Å²) < 4.78 is 9.91. The highest BCUT2D eigenvalue weighted by atomic mass is 16.6. The van der Waals surface area contributed by atoms with Crippen molar-refractivity contribution in [2.24, 2.45) is 0 Å². The number of hydrogen-bond acceptors (Lipinski definition) is 7. The van der Waals surface area contributed by atoms with E-state index in [4.69, 9.17) is 9.47 Å². The lowest BCUT2D eigenvalue weighted by Crippen LogP contribution is -2.15. The number of nitrogens with zero attached hydrogens (tertiary/aromatic N) is 3. The number of fused-ring (bicyclic) bond motifs is 1. The van der Waals surface area contributed by atoms with Gasteiger partial charge in [-0.05, 0) is 0 Å². The monoisotopic (exact) mass is 264 g/mol. The van der Waals surface area contributed by atoms with Gasteiger partial charge in [-0.25, -0.2) is 15.0 Å². The van der Waals surface area contributed by atoms with Gasteiger partial charge in [0.2, 0.25) is 0 Å². The van der Waals surface area contributed by atoms with Gasteiger partial charge in [-0.3, -0.25) is 9.59 Å². The molecule has 0 unspecified atom stereocenters. The van der Waals surface area contributed by atoms with Crippen LogP contribution < -0.4 is 5.56 Å². The number of hydrogen-bond donors (Lipinski definition) is 1. The van der Waals surface area contributed by atoms with Gasteiger partial charge in [-0.15, -0.1) is 0 Å². The van der Waals surface area contributed by atoms with E-state index in [1.807, 2.05) is 0 Å². The average Bonchev–Trinajstić information content (AvgIpc) is 2.38. The number of H-pyrrole nitrogens is 1. The summed E-state index contributed by atoms with van der Waals surface area (Å²) in [5.41, 5.74) is 0.0904. The molecule has 1 N–H and O–H groups in total. The summed E-state index contributed by atoms with van der Waals surface area (Å²) in [6, 6.07) is 0. The second kappa shape index (κ2) is 6.01. The molecule has 19 heavy (non-hydrogen) atoms. The van der Waals surface area contributed by atoms with Crippen LogP contribution in [0.2, 0.25) is 0 Å². The molecule has 8 nitrogen and oxygen atoms in total. The van der Waals surface area contributed by atoms with Gasteiger partial charge in [-0.1, -0.05) is 0 Å². The van der Waals surface area contributed by atoms with Crippen LogP contribution in [0.3, 0.4) is 0 Å². The zero-order chi connectivity index (χ0) is 13.7. The van der Waals surface area contributed by atoms with Crippen molar-refractivity contribution in [2.45, 2.75) is 13.5 Å². The van der Waals surface area contributed by atoms with Crippen molar-refractivity contribution in [3.05, 3.63) is 28.6 Å². The number of nitrogens with one attached hydrogen (secondary N) is 1.